The number of aromatic hydroxyl groups is 1. The summed E-state index contributed by atoms with van der Waals surface area (Å²) in [6, 6.07) is 15.2. The molecule has 5 aromatic rings. The molecule has 238 valence electrons. The van der Waals surface area contributed by atoms with Crippen molar-refractivity contribution in [1.29, 1.82) is 0 Å². The van der Waals surface area contributed by atoms with Crippen LogP contribution < -0.4 is 10.1 Å². The predicted molar refractivity (Wildman–Crippen MR) is 167 cm³/mol. The van der Waals surface area contributed by atoms with Gasteiger partial charge in [0.1, 0.15) is 11.5 Å². The lowest BCUT2D eigenvalue weighted by atomic mass is 10.0. The zero-order valence-electron chi connectivity index (χ0n) is 25.5. The number of anilines is 1. The second-order valence-electron chi connectivity index (χ2n) is 11.4. The zero-order chi connectivity index (χ0) is 32.6. The summed E-state index contributed by atoms with van der Waals surface area (Å²) in [5.74, 6) is 0.279. The van der Waals surface area contributed by atoms with E-state index in [1.54, 1.807) is 49.1 Å². The summed E-state index contributed by atoms with van der Waals surface area (Å²) in [5.41, 5.74) is 1.80. The van der Waals surface area contributed by atoms with Gasteiger partial charge in [-0.2, -0.15) is 18.2 Å². The Morgan fingerprint density at radius 1 is 0.978 bits per heavy atom. The standard InChI is InChI=1S/C33H32F3N7O3/c1-20-4-11-25(46-32-28-30(42(3)19-37-28)39-29(40-32)21-6-9-24(44)10-7-21)17-26(20)31(45)38-23-8-5-22(27(16-23)33(34,35)36)18-43-14-12-41(2)13-15-43/h4-11,16-17,19,44H,12-15,18H2,1-3H3,(H,38,45). The molecular formula is C33H32F3N7O3. The molecule has 3 aromatic carbocycles. The molecule has 1 amide bonds. The third kappa shape index (κ3) is 6.65. The number of nitrogens with one attached hydrogen (secondary N) is 1. The van der Waals surface area contributed by atoms with E-state index in [9.17, 15) is 23.1 Å². The fourth-order valence-electron chi connectivity index (χ4n) is 5.31. The average molecular weight is 632 g/mol. The first-order chi connectivity index (χ1) is 21.9. The molecule has 10 nitrogen and oxygen atoms in total. The molecule has 3 heterocycles. The fourth-order valence-corrected chi connectivity index (χ4v) is 5.31. The van der Waals surface area contributed by atoms with Crippen LogP contribution in [0.5, 0.6) is 17.4 Å². The van der Waals surface area contributed by atoms with Crippen molar-refractivity contribution in [2.75, 3.05) is 38.5 Å². The van der Waals surface area contributed by atoms with Gasteiger partial charge in [0.25, 0.3) is 11.8 Å². The molecule has 1 saturated heterocycles. The van der Waals surface area contributed by atoms with Gasteiger partial charge < -0.3 is 24.6 Å². The summed E-state index contributed by atoms with van der Waals surface area (Å²) in [5, 5.41) is 12.3. The summed E-state index contributed by atoms with van der Waals surface area (Å²) < 4.78 is 50.2. The number of benzene rings is 3. The number of hydrogen-bond acceptors (Lipinski definition) is 8. The summed E-state index contributed by atoms with van der Waals surface area (Å²) in [7, 11) is 3.77. The number of amides is 1. The van der Waals surface area contributed by atoms with Gasteiger partial charge in [-0.1, -0.05) is 12.1 Å². The number of nitrogens with zero attached hydrogens (tertiary/aromatic N) is 6. The molecule has 2 N–H and O–H groups in total. The highest BCUT2D eigenvalue weighted by Crippen LogP contribution is 2.35. The maximum atomic E-state index is 14.1. The first kappa shape index (κ1) is 31.0. The van der Waals surface area contributed by atoms with Crippen LogP contribution in [0.1, 0.15) is 27.0 Å². The van der Waals surface area contributed by atoms with E-state index in [2.05, 4.69) is 25.2 Å². The molecule has 0 saturated carbocycles. The summed E-state index contributed by atoms with van der Waals surface area (Å²) in [4.78, 5) is 31.0. The average Bonchev–Trinajstić information content (AvgIpc) is 3.40. The maximum absolute atomic E-state index is 14.1. The summed E-state index contributed by atoms with van der Waals surface area (Å²) in [6.45, 7) is 4.86. The van der Waals surface area contributed by atoms with Gasteiger partial charge in [0.15, 0.2) is 17.0 Å². The van der Waals surface area contributed by atoms with Gasteiger partial charge in [-0.25, -0.2) is 9.97 Å². The van der Waals surface area contributed by atoms with Crippen molar-refractivity contribution >= 4 is 22.8 Å². The first-order valence-electron chi connectivity index (χ1n) is 14.6. The minimum atomic E-state index is -4.58. The van der Waals surface area contributed by atoms with Crippen LogP contribution in [0.4, 0.5) is 18.9 Å². The van der Waals surface area contributed by atoms with E-state index in [0.29, 0.717) is 41.2 Å². The van der Waals surface area contributed by atoms with Gasteiger partial charge in [0.2, 0.25) is 0 Å². The van der Waals surface area contributed by atoms with Crippen LogP contribution in [0.2, 0.25) is 0 Å². The Labute approximate surface area is 263 Å². The SMILES string of the molecule is Cc1ccc(Oc2nc(-c3ccc(O)cc3)nc3c2ncn3C)cc1C(=O)Nc1ccc(CN2CCN(C)CC2)c(C(F)(F)F)c1. The number of aryl methyl sites for hydroxylation is 2. The lowest BCUT2D eigenvalue weighted by Gasteiger charge is -2.33. The number of ether oxygens (including phenoxy) is 1. The third-order valence-electron chi connectivity index (χ3n) is 7.98. The van der Waals surface area contributed by atoms with Gasteiger partial charge in [0.05, 0.1) is 11.9 Å². The lowest BCUT2D eigenvalue weighted by molar-refractivity contribution is -0.138. The van der Waals surface area contributed by atoms with Gasteiger partial charge in [-0.15, -0.1) is 0 Å². The molecule has 0 bridgehead atoms. The first-order valence-corrected chi connectivity index (χ1v) is 14.6. The van der Waals surface area contributed by atoms with E-state index in [4.69, 9.17) is 4.74 Å². The number of alkyl halides is 3. The van der Waals surface area contributed by atoms with Crippen LogP contribution in [0.3, 0.4) is 0 Å². The molecule has 6 rings (SSSR count). The number of hydrogen-bond donors (Lipinski definition) is 2. The molecule has 1 aliphatic rings. The fraction of sp³-hybridized carbons (Fsp3) is 0.273. The minimum Gasteiger partial charge on any atom is -0.508 e. The number of phenolic OH excluding ortho intramolecular Hbond substituents is 1. The number of phenols is 1. The lowest BCUT2D eigenvalue weighted by Crippen LogP contribution is -2.44. The van der Waals surface area contributed by atoms with Crippen molar-refractivity contribution < 1.29 is 27.8 Å². The molecular weight excluding hydrogens is 599 g/mol. The zero-order valence-corrected chi connectivity index (χ0v) is 25.5. The Balaban J connectivity index is 1.25. The van der Waals surface area contributed by atoms with E-state index in [-0.39, 0.29) is 40.7 Å². The van der Waals surface area contributed by atoms with Crippen LogP contribution in [0.15, 0.2) is 67.0 Å². The molecule has 1 aliphatic heterocycles. The van der Waals surface area contributed by atoms with E-state index >= 15 is 0 Å². The number of fused-ring (bicyclic) bond motifs is 1. The Morgan fingerprint density at radius 3 is 2.43 bits per heavy atom. The topological polar surface area (TPSA) is 109 Å². The van der Waals surface area contributed by atoms with Crippen LogP contribution >= 0.6 is 0 Å². The number of carbonyl (C=O) groups excluding carboxylic acids is 1. The Kier molecular flexibility index (Phi) is 8.36. The molecule has 2 aromatic heterocycles. The van der Waals surface area contributed by atoms with Gasteiger partial charge >= 0.3 is 6.18 Å². The number of rotatable bonds is 7. The van der Waals surface area contributed by atoms with Crippen molar-refractivity contribution in [3.63, 3.8) is 0 Å². The third-order valence-corrected chi connectivity index (χ3v) is 7.98. The maximum Gasteiger partial charge on any atom is 0.416 e. The van der Waals surface area contributed by atoms with Crippen LogP contribution in [-0.2, 0) is 19.8 Å². The predicted octanol–water partition coefficient (Wildman–Crippen LogP) is 5.86. The summed E-state index contributed by atoms with van der Waals surface area (Å²) in [6.07, 6.45) is -3.01. The van der Waals surface area contributed by atoms with E-state index in [0.717, 1.165) is 19.2 Å². The van der Waals surface area contributed by atoms with Gasteiger partial charge in [-0.05, 0) is 73.6 Å². The minimum absolute atomic E-state index is 0.0368. The number of likely N-dealkylation sites (N-methyl/N-ethyl adjacent to an activating group) is 1. The highest BCUT2D eigenvalue weighted by molar-refractivity contribution is 6.05. The van der Waals surface area contributed by atoms with Crippen LogP contribution in [0, 0.1) is 6.92 Å². The summed E-state index contributed by atoms with van der Waals surface area (Å²) >= 11 is 0. The highest BCUT2D eigenvalue weighted by atomic mass is 19.4. The van der Waals surface area contributed by atoms with E-state index < -0.39 is 17.6 Å². The Morgan fingerprint density at radius 2 is 1.72 bits per heavy atom. The van der Waals surface area contributed by atoms with Gasteiger partial charge in [-0.3, -0.25) is 9.69 Å². The van der Waals surface area contributed by atoms with Crippen molar-refractivity contribution in [1.82, 2.24) is 29.3 Å². The molecule has 46 heavy (non-hydrogen) atoms. The van der Waals surface area contributed by atoms with Crippen molar-refractivity contribution in [3.05, 3.63) is 89.2 Å². The van der Waals surface area contributed by atoms with E-state index in [1.165, 1.54) is 30.3 Å². The number of piperazine rings is 1. The molecule has 0 radical (unpaired) electrons. The van der Waals surface area contributed by atoms with Crippen molar-refractivity contribution in [2.45, 2.75) is 19.6 Å². The molecule has 13 heteroatoms. The van der Waals surface area contributed by atoms with Crippen molar-refractivity contribution in [2.24, 2.45) is 7.05 Å². The molecule has 0 atom stereocenters. The quantitative estimate of drug-likeness (QED) is 0.230. The van der Waals surface area contributed by atoms with Crippen LogP contribution in [-0.4, -0.2) is 73.6 Å². The van der Waals surface area contributed by atoms with Crippen molar-refractivity contribution in [3.8, 4) is 28.8 Å². The second-order valence-corrected chi connectivity index (χ2v) is 11.4. The monoisotopic (exact) mass is 631 g/mol. The molecule has 1 fully saturated rings. The number of carbonyl (C=O) groups is 1. The Hall–Kier alpha value is -5.01. The van der Waals surface area contributed by atoms with Crippen LogP contribution in [0.25, 0.3) is 22.6 Å². The molecule has 0 unspecified atom stereocenters. The molecule has 0 spiro atoms. The second kappa shape index (κ2) is 12.4. The van der Waals surface area contributed by atoms with E-state index in [1.807, 2.05) is 11.9 Å². The smallest absolute Gasteiger partial charge is 0.416 e. The van der Waals surface area contributed by atoms with Gasteiger partial charge in [0, 0.05) is 56.6 Å². The normalized spacial score (nSPS) is 14.5. The largest absolute Gasteiger partial charge is 0.508 e. The Bertz CT molecular complexity index is 1900. The molecule has 0 aliphatic carbocycles. The number of halogens is 3. The number of aromatic nitrogens is 4. The highest BCUT2D eigenvalue weighted by Gasteiger charge is 2.34. The number of imidazole rings is 1.